The summed E-state index contributed by atoms with van der Waals surface area (Å²) in [6.07, 6.45) is 0. The van der Waals surface area contributed by atoms with Crippen molar-refractivity contribution in [3.05, 3.63) is 54.1 Å². The van der Waals surface area contributed by atoms with Crippen LogP contribution in [0.5, 0.6) is 11.7 Å². The lowest BCUT2D eigenvalue weighted by atomic mass is 10.1. The molecule has 0 spiro atoms. The largest absolute Gasteiger partial charge is 0.539 e. The van der Waals surface area contributed by atoms with Crippen molar-refractivity contribution >= 4 is 0 Å². The SMILES string of the molecule is CCOc1ccc(-[n+]2noc([O-])c2-c2ccc(C)cc2)cc1. The van der Waals surface area contributed by atoms with E-state index in [0.717, 1.165) is 22.6 Å². The van der Waals surface area contributed by atoms with Gasteiger partial charge >= 0.3 is 0 Å². The van der Waals surface area contributed by atoms with Crippen molar-refractivity contribution < 1.29 is 19.0 Å². The minimum Gasteiger partial charge on any atom is -0.539 e. The third kappa shape index (κ3) is 2.65. The Morgan fingerprint density at radius 1 is 1.09 bits per heavy atom. The molecule has 22 heavy (non-hydrogen) atoms. The Hall–Kier alpha value is -2.82. The summed E-state index contributed by atoms with van der Waals surface area (Å²) < 4.78 is 11.8. The third-order valence-corrected chi connectivity index (χ3v) is 3.33. The minimum atomic E-state index is -0.460. The van der Waals surface area contributed by atoms with Gasteiger partial charge in [0, 0.05) is 12.1 Å². The van der Waals surface area contributed by atoms with E-state index in [0.29, 0.717) is 12.3 Å². The number of rotatable bonds is 4. The van der Waals surface area contributed by atoms with Crippen LogP contribution in [0.3, 0.4) is 0 Å². The van der Waals surface area contributed by atoms with E-state index >= 15 is 0 Å². The molecule has 0 atom stereocenters. The fourth-order valence-electron chi connectivity index (χ4n) is 2.23. The highest BCUT2D eigenvalue weighted by Gasteiger charge is 2.22. The van der Waals surface area contributed by atoms with Crippen LogP contribution in [0, 0.1) is 6.92 Å². The lowest BCUT2D eigenvalue weighted by Crippen LogP contribution is -2.34. The number of nitrogens with zero attached hydrogens (tertiary/aromatic N) is 2. The van der Waals surface area contributed by atoms with E-state index in [4.69, 9.17) is 9.26 Å². The summed E-state index contributed by atoms with van der Waals surface area (Å²) in [6, 6.07) is 15.0. The maximum absolute atomic E-state index is 12.0. The van der Waals surface area contributed by atoms with Crippen molar-refractivity contribution in [1.82, 2.24) is 5.27 Å². The summed E-state index contributed by atoms with van der Waals surface area (Å²) in [5.41, 5.74) is 3.04. The van der Waals surface area contributed by atoms with Crippen LogP contribution in [0.25, 0.3) is 16.9 Å². The molecule has 3 aromatic rings. The van der Waals surface area contributed by atoms with Gasteiger partial charge in [-0.1, -0.05) is 17.7 Å². The first-order chi connectivity index (χ1) is 10.7. The van der Waals surface area contributed by atoms with Crippen LogP contribution in [-0.4, -0.2) is 11.9 Å². The van der Waals surface area contributed by atoms with Crippen molar-refractivity contribution in [2.45, 2.75) is 13.8 Å². The second-order valence-electron chi connectivity index (χ2n) is 4.91. The van der Waals surface area contributed by atoms with Gasteiger partial charge in [0.25, 0.3) is 5.69 Å². The number of aryl methyl sites for hydroxylation is 1. The Labute approximate surface area is 128 Å². The van der Waals surface area contributed by atoms with E-state index in [2.05, 4.69) is 5.27 Å². The first-order valence-electron chi connectivity index (χ1n) is 7.08. The maximum Gasteiger partial charge on any atom is 0.270 e. The van der Waals surface area contributed by atoms with E-state index in [1.54, 1.807) is 0 Å². The first-order valence-corrected chi connectivity index (χ1v) is 7.08. The number of benzene rings is 2. The normalized spacial score (nSPS) is 10.6. The number of hydrogen-bond donors (Lipinski definition) is 0. The van der Waals surface area contributed by atoms with E-state index < -0.39 is 5.95 Å². The van der Waals surface area contributed by atoms with Gasteiger partial charge in [0.1, 0.15) is 5.75 Å². The van der Waals surface area contributed by atoms with Crippen molar-refractivity contribution in [2.24, 2.45) is 0 Å². The fourth-order valence-corrected chi connectivity index (χ4v) is 2.23. The molecule has 1 heterocycles. The monoisotopic (exact) mass is 296 g/mol. The molecule has 0 N–H and O–H groups in total. The van der Waals surface area contributed by atoms with Gasteiger partial charge in [0.15, 0.2) is 5.95 Å². The minimum absolute atomic E-state index is 0.407. The molecule has 5 nitrogen and oxygen atoms in total. The molecule has 0 bridgehead atoms. The van der Waals surface area contributed by atoms with Crippen LogP contribution in [0.15, 0.2) is 53.1 Å². The van der Waals surface area contributed by atoms with Crippen molar-refractivity contribution in [3.8, 4) is 28.6 Å². The van der Waals surface area contributed by atoms with E-state index in [9.17, 15) is 5.11 Å². The van der Waals surface area contributed by atoms with Gasteiger partial charge in [-0.05, 0) is 42.8 Å². The number of aromatic nitrogens is 2. The van der Waals surface area contributed by atoms with E-state index in [-0.39, 0.29) is 0 Å². The highest BCUT2D eigenvalue weighted by Crippen LogP contribution is 2.24. The molecule has 112 valence electrons. The Morgan fingerprint density at radius 2 is 1.77 bits per heavy atom. The molecule has 5 heteroatoms. The van der Waals surface area contributed by atoms with Gasteiger partial charge in [-0.2, -0.15) is 0 Å². The second kappa shape index (κ2) is 5.89. The molecular formula is C17H16N2O3. The molecule has 0 aliphatic rings. The van der Waals surface area contributed by atoms with E-state index in [1.165, 1.54) is 4.68 Å². The summed E-state index contributed by atoms with van der Waals surface area (Å²) in [4.78, 5) is 0. The van der Waals surface area contributed by atoms with Crippen LogP contribution >= 0.6 is 0 Å². The van der Waals surface area contributed by atoms with Crippen LogP contribution in [0.4, 0.5) is 0 Å². The zero-order chi connectivity index (χ0) is 15.5. The molecule has 0 unspecified atom stereocenters. The summed E-state index contributed by atoms with van der Waals surface area (Å²) in [6.45, 7) is 4.53. The van der Waals surface area contributed by atoms with Crippen LogP contribution in [-0.2, 0) is 0 Å². The van der Waals surface area contributed by atoms with Crippen molar-refractivity contribution in [3.63, 3.8) is 0 Å². The van der Waals surface area contributed by atoms with Gasteiger partial charge in [-0.25, -0.2) is 0 Å². The molecule has 0 fully saturated rings. The van der Waals surface area contributed by atoms with Crippen molar-refractivity contribution in [1.29, 1.82) is 0 Å². The van der Waals surface area contributed by atoms with E-state index in [1.807, 2.05) is 62.4 Å². The zero-order valence-corrected chi connectivity index (χ0v) is 12.4. The molecule has 0 aliphatic heterocycles. The fraction of sp³-hybridized carbons (Fsp3) is 0.176. The quantitative estimate of drug-likeness (QED) is 0.694. The van der Waals surface area contributed by atoms with Crippen molar-refractivity contribution in [2.75, 3.05) is 6.61 Å². The lowest BCUT2D eigenvalue weighted by molar-refractivity contribution is -0.660. The molecule has 0 radical (unpaired) electrons. The molecule has 2 aromatic carbocycles. The summed E-state index contributed by atoms with van der Waals surface area (Å²) in [5, 5.41) is 15.8. The Morgan fingerprint density at radius 3 is 2.41 bits per heavy atom. The molecule has 1 aromatic heterocycles. The van der Waals surface area contributed by atoms with Gasteiger partial charge < -0.3 is 14.4 Å². The number of hydrogen-bond acceptors (Lipinski definition) is 4. The number of ether oxygens (including phenoxy) is 1. The van der Waals surface area contributed by atoms with Crippen LogP contribution in [0.2, 0.25) is 0 Å². The highest BCUT2D eigenvalue weighted by atomic mass is 16.6. The average Bonchev–Trinajstić information content (AvgIpc) is 2.91. The Kier molecular flexibility index (Phi) is 3.78. The smallest absolute Gasteiger partial charge is 0.270 e. The second-order valence-corrected chi connectivity index (χ2v) is 4.91. The predicted octanol–water partition coefficient (Wildman–Crippen LogP) is 2.40. The average molecular weight is 296 g/mol. The van der Waals surface area contributed by atoms with Crippen LogP contribution < -0.4 is 14.5 Å². The topological polar surface area (TPSA) is 62.2 Å². The van der Waals surface area contributed by atoms with Gasteiger partial charge in [0.2, 0.25) is 5.69 Å². The van der Waals surface area contributed by atoms with Gasteiger partial charge in [-0.15, -0.1) is 0 Å². The molecule has 0 amide bonds. The summed E-state index contributed by atoms with van der Waals surface area (Å²) in [5.74, 6) is 0.312. The highest BCUT2D eigenvalue weighted by molar-refractivity contribution is 5.60. The first kappa shape index (κ1) is 14.1. The van der Waals surface area contributed by atoms with Crippen LogP contribution in [0.1, 0.15) is 12.5 Å². The molecule has 0 aliphatic carbocycles. The van der Waals surface area contributed by atoms with Gasteiger partial charge in [-0.3, -0.25) is 0 Å². The third-order valence-electron chi connectivity index (χ3n) is 3.33. The summed E-state index contributed by atoms with van der Waals surface area (Å²) in [7, 11) is 0. The maximum atomic E-state index is 12.0. The molecule has 3 rings (SSSR count). The summed E-state index contributed by atoms with van der Waals surface area (Å²) >= 11 is 0. The predicted molar refractivity (Wildman–Crippen MR) is 78.8 cm³/mol. The zero-order valence-electron chi connectivity index (χ0n) is 12.4. The standard InChI is InChI=1S/C17H16N2O3/c1-3-21-15-10-8-14(9-11-15)19-16(17(20)22-18-19)13-6-4-12(2)5-7-13/h4-11H,3H2,1-2H3. The molecule has 0 saturated carbocycles. The Balaban J connectivity index is 2.03. The lowest BCUT2D eigenvalue weighted by Gasteiger charge is -2.02. The molecule has 0 saturated heterocycles. The Bertz CT molecular complexity index is 762. The molecular weight excluding hydrogens is 280 g/mol. The van der Waals surface area contributed by atoms with Gasteiger partial charge in [0.05, 0.1) is 17.4 Å².